The molecule has 1 saturated heterocycles. The van der Waals surface area contributed by atoms with Gasteiger partial charge >= 0.3 is 41.7 Å². The SMILES string of the molecule is NC(=O)CCC(N)COP(=O)([O-])OC[C@H]1O[C@@H](n2cnc3c(N)ncnc32)[C@H](O)[C@@H]1O.O=C(O)C(F)(F)F.[Na+]. The third-order valence-electron chi connectivity index (χ3n) is 4.85. The summed E-state index contributed by atoms with van der Waals surface area (Å²) in [6.07, 6.45) is -7.70. The standard InChI is InChI=1S/C15H24N7O8P.C2HF3O2.Na/c16-7(1-2-9(17)23)3-28-31(26,27)29-4-8-11(24)12(25)15(30-8)22-6-21-10-13(18)19-5-20-14(10)22;3-2(4,5)1(6)7;/h5-8,11-12,15,24-25H,1-4,16H2,(H2,17,23)(H,26,27)(H2,18,19,20);(H,6,7);/q;;+1/p-1/t7?,8-,11-,12-,15-;;/m1../s1. The number of halogens is 3. The number of ether oxygens (including phenoxy) is 1. The normalized spacial score (nSPS) is 23.3. The number of carbonyl (C=O) groups is 2. The molecule has 0 bridgehead atoms. The van der Waals surface area contributed by atoms with Crippen molar-refractivity contribution >= 4 is 36.7 Å². The van der Waals surface area contributed by atoms with E-state index >= 15 is 0 Å². The van der Waals surface area contributed by atoms with Gasteiger partial charge < -0.3 is 51.2 Å². The summed E-state index contributed by atoms with van der Waals surface area (Å²) in [4.78, 5) is 43.4. The number of hydrogen-bond donors (Lipinski definition) is 6. The summed E-state index contributed by atoms with van der Waals surface area (Å²) in [5.41, 5.74) is 16.9. The summed E-state index contributed by atoms with van der Waals surface area (Å²) in [5.74, 6) is -3.21. The number of primary amides is 1. The molecule has 0 saturated carbocycles. The van der Waals surface area contributed by atoms with E-state index < -0.39 is 69.7 Å². The Kier molecular flexibility index (Phi) is 13.1. The molecule has 9 N–H and O–H groups in total. The van der Waals surface area contributed by atoms with Crippen molar-refractivity contribution in [2.24, 2.45) is 11.5 Å². The molecule has 2 aromatic heterocycles. The van der Waals surface area contributed by atoms with E-state index in [1.54, 1.807) is 0 Å². The number of carboxylic acid groups (broad SMARTS) is 1. The number of phosphoric acid groups is 1. The van der Waals surface area contributed by atoms with Crippen molar-refractivity contribution in [2.75, 3.05) is 18.9 Å². The zero-order valence-corrected chi connectivity index (χ0v) is 23.1. The number of aliphatic hydroxyl groups is 2. The van der Waals surface area contributed by atoms with E-state index in [-0.39, 0.29) is 59.4 Å². The van der Waals surface area contributed by atoms with E-state index in [4.69, 9.17) is 36.4 Å². The number of nitrogens with zero attached hydrogens (tertiary/aromatic N) is 4. The number of anilines is 1. The maximum absolute atomic E-state index is 11.9. The van der Waals surface area contributed by atoms with Crippen LogP contribution in [0.2, 0.25) is 0 Å². The molecular weight excluding hydrogens is 573 g/mol. The molecule has 214 valence electrons. The van der Waals surface area contributed by atoms with E-state index in [9.17, 15) is 37.6 Å². The number of imidazole rings is 1. The fourth-order valence-corrected chi connectivity index (χ4v) is 3.73. The minimum absolute atomic E-state index is 0. The van der Waals surface area contributed by atoms with Gasteiger partial charge in [-0.2, -0.15) is 13.2 Å². The van der Waals surface area contributed by atoms with E-state index in [2.05, 4.69) is 19.5 Å². The van der Waals surface area contributed by atoms with Gasteiger partial charge in [0, 0.05) is 12.5 Å². The maximum Gasteiger partial charge on any atom is 1.00 e. The molecule has 6 atom stereocenters. The van der Waals surface area contributed by atoms with Gasteiger partial charge in [-0.05, 0) is 6.42 Å². The van der Waals surface area contributed by atoms with Crippen LogP contribution < -0.4 is 51.7 Å². The van der Waals surface area contributed by atoms with Gasteiger partial charge in [0.25, 0.3) is 7.82 Å². The molecule has 39 heavy (non-hydrogen) atoms. The van der Waals surface area contributed by atoms with Crippen LogP contribution in [0, 0.1) is 0 Å². The molecule has 1 fully saturated rings. The molecular formula is C17H24F3N7NaO10P. The molecule has 1 aliphatic rings. The maximum atomic E-state index is 11.9. The zero-order valence-electron chi connectivity index (χ0n) is 20.2. The second-order valence-electron chi connectivity index (χ2n) is 7.74. The Balaban J connectivity index is 0.000000841. The molecule has 1 aliphatic heterocycles. The first-order chi connectivity index (χ1) is 17.5. The number of carbonyl (C=O) groups excluding carboxylic acids is 1. The summed E-state index contributed by atoms with van der Waals surface area (Å²) >= 11 is 0. The van der Waals surface area contributed by atoms with E-state index in [0.717, 1.165) is 0 Å². The van der Waals surface area contributed by atoms with Crippen molar-refractivity contribution < 1.29 is 90.9 Å². The monoisotopic (exact) mass is 597 g/mol. The van der Waals surface area contributed by atoms with Gasteiger partial charge in [0.05, 0.1) is 19.5 Å². The van der Waals surface area contributed by atoms with Crippen molar-refractivity contribution in [3.8, 4) is 0 Å². The van der Waals surface area contributed by atoms with E-state index in [0.29, 0.717) is 0 Å². The van der Waals surface area contributed by atoms with Crippen LogP contribution in [0.25, 0.3) is 11.2 Å². The summed E-state index contributed by atoms with van der Waals surface area (Å²) in [6.45, 7) is -1.05. The van der Waals surface area contributed by atoms with Crippen LogP contribution >= 0.6 is 7.82 Å². The van der Waals surface area contributed by atoms with Gasteiger partial charge in [-0.25, -0.2) is 19.7 Å². The number of carboxylic acids is 1. The summed E-state index contributed by atoms with van der Waals surface area (Å²) in [6, 6.07) is -0.748. The fourth-order valence-electron chi connectivity index (χ4n) is 2.95. The molecule has 0 spiro atoms. The molecule has 17 nitrogen and oxygen atoms in total. The van der Waals surface area contributed by atoms with Crippen LogP contribution in [0.5, 0.6) is 0 Å². The van der Waals surface area contributed by atoms with Gasteiger partial charge in [0.15, 0.2) is 17.7 Å². The number of rotatable bonds is 10. The average molecular weight is 597 g/mol. The van der Waals surface area contributed by atoms with Crippen LogP contribution in [0.15, 0.2) is 12.7 Å². The molecule has 0 aromatic carbocycles. The van der Waals surface area contributed by atoms with E-state index in [1.807, 2.05) is 0 Å². The number of nitrogens with two attached hydrogens (primary N) is 3. The Morgan fingerprint density at radius 3 is 2.41 bits per heavy atom. The number of amides is 1. The Bertz CT molecular complexity index is 1180. The first-order valence-electron chi connectivity index (χ1n) is 10.4. The Morgan fingerprint density at radius 2 is 1.85 bits per heavy atom. The third kappa shape index (κ3) is 10.2. The van der Waals surface area contributed by atoms with E-state index in [1.165, 1.54) is 17.2 Å². The molecule has 3 heterocycles. The molecule has 0 radical (unpaired) electrons. The van der Waals surface area contributed by atoms with Gasteiger partial charge in [-0.1, -0.05) is 0 Å². The Hall–Kier alpha value is -1.97. The molecule has 22 heteroatoms. The van der Waals surface area contributed by atoms with Crippen molar-refractivity contribution in [1.29, 1.82) is 0 Å². The van der Waals surface area contributed by atoms with Crippen LogP contribution in [-0.2, 0) is 27.9 Å². The van der Waals surface area contributed by atoms with Gasteiger partial charge in [-0.3, -0.25) is 13.9 Å². The first-order valence-corrected chi connectivity index (χ1v) is 11.9. The second-order valence-corrected chi connectivity index (χ2v) is 9.15. The van der Waals surface area contributed by atoms with Crippen LogP contribution in [0.1, 0.15) is 19.1 Å². The predicted octanol–water partition coefficient (Wildman–Crippen LogP) is -5.24. The molecule has 2 unspecified atom stereocenters. The predicted molar refractivity (Wildman–Crippen MR) is 115 cm³/mol. The zero-order chi connectivity index (χ0) is 28.8. The van der Waals surface area contributed by atoms with Crippen molar-refractivity contribution in [3.63, 3.8) is 0 Å². The average Bonchev–Trinajstić information content (AvgIpc) is 3.37. The number of fused-ring (bicyclic) bond motifs is 1. The van der Waals surface area contributed by atoms with Crippen LogP contribution in [-0.4, -0.2) is 90.5 Å². The van der Waals surface area contributed by atoms with Crippen molar-refractivity contribution in [3.05, 3.63) is 12.7 Å². The number of aliphatic hydroxyl groups excluding tert-OH is 2. The number of alkyl halides is 3. The quantitative estimate of drug-likeness (QED) is 0.110. The summed E-state index contributed by atoms with van der Waals surface area (Å²) in [5, 5.41) is 27.7. The number of aliphatic carboxylic acids is 1. The van der Waals surface area contributed by atoms with Gasteiger partial charge in [-0.15, -0.1) is 0 Å². The molecule has 0 aliphatic carbocycles. The van der Waals surface area contributed by atoms with Crippen LogP contribution in [0.3, 0.4) is 0 Å². The molecule has 2 aromatic rings. The largest absolute Gasteiger partial charge is 1.00 e. The number of aromatic nitrogens is 4. The number of hydrogen-bond acceptors (Lipinski definition) is 14. The van der Waals surface area contributed by atoms with Crippen molar-refractivity contribution in [2.45, 2.75) is 49.6 Å². The minimum Gasteiger partial charge on any atom is -0.756 e. The first kappa shape index (κ1) is 35.1. The second kappa shape index (κ2) is 14.6. The number of nitrogen functional groups attached to an aromatic ring is 1. The Morgan fingerprint density at radius 1 is 1.23 bits per heavy atom. The Labute approximate surface area is 239 Å². The van der Waals surface area contributed by atoms with Gasteiger partial charge in [0.2, 0.25) is 5.91 Å². The third-order valence-corrected chi connectivity index (χ3v) is 5.78. The molecule has 1 amide bonds. The molecule has 3 rings (SSSR count). The van der Waals surface area contributed by atoms with Gasteiger partial charge in [0.1, 0.15) is 30.2 Å². The topological polar surface area (TPSA) is 284 Å². The smallest absolute Gasteiger partial charge is 0.756 e. The minimum atomic E-state index is -5.08. The fraction of sp³-hybridized carbons (Fsp3) is 0.588. The summed E-state index contributed by atoms with van der Waals surface area (Å²) in [7, 11) is -4.79. The summed E-state index contributed by atoms with van der Waals surface area (Å²) < 4.78 is 60.0. The number of phosphoric ester groups is 1. The van der Waals surface area contributed by atoms with Crippen LogP contribution in [0.4, 0.5) is 19.0 Å². The van der Waals surface area contributed by atoms with Crippen molar-refractivity contribution in [1.82, 2.24) is 19.5 Å².